The summed E-state index contributed by atoms with van der Waals surface area (Å²) in [5, 5.41) is 11.7. The van der Waals surface area contributed by atoms with Gasteiger partial charge in [0.2, 0.25) is 0 Å². The number of nitrogens with one attached hydrogen (secondary N) is 1. The van der Waals surface area contributed by atoms with E-state index >= 15 is 0 Å². The van der Waals surface area contributed by atoms with Crippen molar-refractivity contribution in [1.82, 2.24) is 25.0 Å². The van der Waals surface area contributed by atoms with Gasteiger partial charge in [0.15, 0.2) is 0 Å². The summed E-state index contributed by atoms with van der Waals surface area (Å²) in [6, 6.07) is 0.537. The number of likely N-dealkylation sites (tertiary alicyclic amines) is 1. The van der Waals surface area contributed by atoms with Gasteiger partial charge in [-0.2, -0.15) is 0 Å². The molecule has 1 aromatic heterocycles. The van der Waals surface area contributed by atoms with Gasteiger partial charge in [-0.25, -0.2) is 0 Å². The summed E-state index contributed by atoms with van der Waals surface area (Å²) in [5.74, 6) is 1.79. The van der Waals surface area contributed by atoms with Crippen molar-refractivity contribution in [3.05, 3.63) is 12.2 Å². The second kappa shape index (κ2) is 6.29. The number of aryl methyl sites for hydroxylation is 1. The van der Waals surface area contributed by atoms with Gasteiger partial charge in [-0.1, -0.05) is 0 Å². The lowest BCUT2D eigenvalue weighted by molar-refractivity contribution is 0.178. The molecule has 1 saturated heterocycles. The first kappa shape index (κ1) is 13.5. The van der Waals surface area contributed by atoms with Gasteiger partial charge in [-0.05, 0) is 46.2 Å². The number of aromatic nitrogens is 3. The predicted octanol–water partition coefficient (Wildman–Crippen LogP) is 1.12. The summed E-state index contributed by atoms with van der Waals surface area (Å²) in [6.07, 6.45) is 4.45. The monoisotopic (exact) mass is 251 g/mol. The molecule has 5 heteroatoms. The first-order chi connectivity index (χ1) is 8.70. The molecule has 0 aromatic carbocycles. The van der Waals surface area contributed by atoms with Crippen LogP contribution in [0.4, 0.5) is 0 Å². The Morgan fingerprint density at radius 3 is 3.11 bits per heavy atom. The third-order valence-electron chi connectivity index (χ3n) is 3.99. The van der Waals surface area contributed by atoms with Crippen LogP contribution in [0.15, 0.2) is 6.33 Å². The predicted molar refractivity (Wildman–Crippen MR) is 72.2 cm³/mol. The van der Waals surface area contributed by atoms with Crippen LogP contribution in [-0.4, -0.2) is 45.8 Å². The van der Waals surface area contributed by atoms with E-state index in [1.807, 2.05) is 0 Å². The second-order valence-corrected chi connectivity index (χ2v) is 5.37. The molecule has 5 nitrogen and oxygen atoms in total. The zero-order chi connectivity index (χ0) is 13.0. The van der Waals surface area contributed by atoms with E-state index in [0.29, 0.717) is 6.04 Å². The number of hydrogen-bond acceptors (Lipinski definition) is 4. The fourth-order valence-electron chi connectivity index (χ4n) is 2.71. The molecule has 2 unspecified atom stereocenters. The third-order valence-corrected chi connectivity index (χ3v) is 3.99. The van der Waals surface area contributed by atoms with Crippen molar-refractivity contribution in [3.8, 4) is 0 Å². The second-order valence-electron chi connectivity index (χ2n) is 5.37. The number of rotatable bonds is 5. The molecule has 1 aromatic rings. The fourth-order valence-corrected chi connectivity index (χ4v) is 2.71. The summed E-state index contributed by atoms with van der Waals surface area (Å²) < 4.78 is 2.09. The molecule has 1 aliphatic rings. The molecule has 102 valence electrons. The molecule has 0 amide bonds. The molecule has 0 spiro atoms. The maximum atomic E-state index is 4.16. The smallest absolute Gasteiger partial charge is 0.146 e. The molecule has 0 saturated carbocycles. The lowest BCUT2D eigenvalue weighted by Gasteiger charge is -2.33. The molecule has 2 heterocycles. The van der Waals surface area contributed by atoms with Gasteiger partial charge in [0.05, 0.1) is 6.54 Å². The van der Waals surface area contributed by atoms with Crippen molar-refractivity contribution >= 4 is 0 Å². The summed E-state index contributed by atoms with van der Waals surface area (Å²) in [5.41, 5.74) is 0. The molecule has 1 N–H and O–H groups in total. The van der Waals surface area contributed by atoms with E-state index in [2.05, 4.69) is 45.9 Å². The molecule has 2 rings (SSSR count). The van der Waals surface area contributed by atoms with Crippen molar-refractivity contribution in [2.75, 3.05) is 20.1 Å². The molecule has 1 fully saturated rings. The zero-order valence-electron chi connectivity index (χ0n) is 11.8. The minimum atomic E-state index is 0.537. The number of hydrogen-bond donors (Lipinski definition) is 1. The van der Waals surface area contributed by atoms with Crippen LogP contribution in [0.3, 0.4) is 0 Å². The molecule has 0 aliphatic carbocycles. The van der Waals surface area contributed by atoms with E-state index in [1.54, 1.807) is 6.33 Å². The topological polar surface area (TPSA) is 46.0 Å². The lowest BCUT2D eigenvalue weighted by atomic mass is 9.92. The van der Waals surface area contributed by atoms with Gasteiger partial charge in [0, 0.05) is 19.1 Å². The molecular weight excluding hydrogens is 226 g/mol. The molecule has 1 aliphatic heterocycles. The van der Waals surface area contributed by atoms with Gasteiger partial charge in [-0.15, -0.1) is 10.2 Å². The number of nitrogens with zero attached hydrogens (tertiary/aromatic N) is 4. The highest BCUT2D eigenvalue weighted by Gasteiger charge is 2.22. The highest BCUT2D eigenvalue weighted by Crippen LogP contribution is 2.18. The van der Waals surface area contributed by atoms with Crippen LogP contribution in [0, 0.1) is 5.92 Å². The average molecular weight is 251 g/mol. The SMILES string of the molecule is CCn1cnnc1CNC(C)C1CCCN(C)C1. The van der Waals surface area contributed by atoms with Crippen LogP contribution in [0.25, 0.3) is 0 Å². The van der Waals surface area contributed by atoms with Gasteiger partial charge < -0.3 is 14.8 Å². The van der Waals surface area contributed by atoms with E-state index < -0.39 is 0 Å². The Bertz CT molecular complexity index is 362. The van der Waals surface area contributed by atoms with E-state index in [4.69, 9.17) is 0 Å². The Kier molecular flexibility index (Phi) is 4.72. The quantitative estimate of drug-likeness (QED) is 0.852. The van der Waals surface area contributed by atoms with Crippen LogP contribution in [-0.2, 0) is 13.1 Å². The highest BCUT2D eigenvalue weighted by molar-refractivity contribution is 4.87. The van der Waals surface area contributed by atoms with Gasteiger partial charge >= 0.3 is 0 Å². The summed E-state index contributed by atoms with van der Waals surface area (Å²) in [4.78, 5) is 2.43. The van der Waals surface area contributed by atoms with Gasteiger partial charge in [-0.3, -0.25) is 0 Å². The summed E-state index contributed by atoms with van der Waals surface area (Å²) >= 11 is 0. The van der Waals surface area contributed by atoms with Crippen LogP contribution >= 0.6 is 0 Å². The lowest BCUT2D eigenvalue weighted by Crippen LogP contribution is -2.43. The van der Waals surface area contributed by atoms with E-state index in [9.17, 15) is 0 Å². The van der Waals surface area contributed by atoms with Gasteiger partial charge in [0.25, 0.3) is 0 Å². The Balaban J connectivity index is 1.82. The van der Waals surface area contributed by atoms with Crippen molar-refractivity contribution in [2.24, 2.45) is 5.92 Å². The largest absolute Gasteiger partial charge is 0.317 e. The zero-order valence-corrected chi connectivity index (χ0v) is 11.8. The van der Waals surface area contributed by atoms with E-state index in [0.717, 1.165) is 24.8 Å². The minimum absolute atomic E-state index is 0.537. The van der Waals surface area contributed by atoms with Crippen molar-refractivity contribution in [2.45, 2.75) is 45.8 Å². The van der Waals surface area contributed by atoms with Crippen molar-refractivity contribution < 1.29 is 0 Å². The Hall–Kier alpha value is -0.940. The van der Waals surface area contributed by atoms with Crippen LogP contribution in [0.5, 0.6) is 0 Å². The van der Waals surface area contributed by atoms with Crippen LogP contribution in [0.1, 0.15) is 32.5 Å². The Morgan fingerprint density at radius 2 is 2.39 bits per heavy atom. The molecule has 0 radical (unpaired) electrons. The maximum Gasteiger partial charge on any atom is 0.146 e. The highest BCUT2D eigenvalue weighted by atomic mass is 15.3. The van der Waals surface area contributed by atoms with E-state index in [-0.39, 0.29) is 0 Å². The molecule has 2 atom stereocenters. The fraction of sp³-hybridized carbons (Fsp3) is 0.846. The van der Waals surface area contributed by atoms with Crippen LogP contribution < -0.4 is 5.32 Å². The Labute approximate surface area is 110 Å². The summed E-state index contributed by atoms with van der Waals surface area (Å²) in [7, 11) is 2.21. The van der Waals surface area contributed by atoms with Crippen LogP contribution in [0.2, 0.25) is 0 Å². The maximum absolute atomic E-state index is 4.16. The number of piperidine rings is 1. The Morgan fingerprint density at radius 1 is 1.56 bits per heavy atom. The molecular formula is C13H25N5. The molecule has 0 bridgehead atoms. The van der Waals surface area contributed by atoms with Crippen molar-refractivity contribution in [1.29, 1.82) is 0 Å². The molecule has 18 heavy (non-hydrogen) atoms. The van der Waals surface area contributed by atoms with Gasteiger partial charge in [0.1, 0.15) is 12.2 Å². The summed E-state index contributed by atoms with van der Waals surface area (Å²) in [6.45, 7) is 8.60. The normalized spacial score (nSPS) is 23.2. The van der Waals surface area contributed by atoms with E-state index in [1.165, 1.54) is 25.9 Å². The van der Waals surface area contributed by atoms with Crippen molar-refractivity contribution in [3.63, 3.8) is 0 Å². The minimum Gasteiger partial charge on any atom is -0.317 e. The first-order valence-corrected chi connectivity index (χ1v) is 6.99. The average Bonchev–Trinajstić information content (AvgIpc) is 2.83. The first-order valence-electron chi connectivity index (χ1n) is 6.99. The standard InChI is InChI=1S/C13H25N5/c1-4-18-10-15-16-13(18)8-14-11(2)12-6-5-7-17(3)9-12/h10-12,14H,4-9H2,1-3H3. The third kappa shape index (κ3) is 3.29.